The van der Waals surface area contributed by atoms with Crippen LogP contribution in [0.3, 0.4) is 0 Å². The number of rotatable bonds is 10. The van der Waals surface area contributed by atoms with E-state index < -0.39 is 86.6 Å². The Morgan fingerprint density at radius 1 is 1.00 bits per heavy atom. The molecule has 0 bridgehead atoms. The first-order valence-electron chi connectivity index (χ1n) is 19.8. The molecular formula is C42H41ClF7N9O3S. The van der Waals surface area contributed by atoms with Gasteiger partial charge >= 0.3 is 6.18 Å². The molecule has 2 aromatic carbocycles. The average Bonchev–Trinajstić information content (AvgIpc) is 3.71. The van der Waals surface area contributed by atoms with Crippen molar-refractivity contribution >= 4 is 44.3 Å². The molecule has 3 aliphatic rings. The van der Waals surface area contributed by atoms with Crippen molar-refractivity contribution in [3.63, 3.8) is 0 Å². The van der Waals surface area contributed by atoms with E-state index in [1.165, 1.54) is 17.8 Å². The number of alkyl halides is 5. The van der Waals surface area contributed by atoms with Gasteiger partial charge in [0, 0.05) is 61.9 Å². The highest BCUT2D eigenvalue weighted by atomic mass is 35.5. The summed E-state index contributed by atoms with van der Waals surface area (Å²) in [7, 11) is -0.286. The van der Waals surface area contributed by atoms with E-state index >= 15 is 8.78 Å². The van der Waals surface area contributed by atoms with Gasteiger partial charge in [0.25, 0.3) is 5.92 Å². The molecule has 2 N–H and O–H groups in total. The minimum Gasteiger partial charge on any atom is -0.346 e. The molecule has 0 radical (unpaired) electrons. The lowest BCUT2D eigenvalue weighted by Crippen LogP contribution is -2.53. The number of aryl methyl sites for hydroxylation is 1. The number of nitrogens with zero attached hydrogens (tertiary/aromatic N) is 7. The Labute approximate surface area is 362 Å². The van der Waals surface area contributed by atoms with E-state index in [9.17, 15) is 35.2 Å². The fraction of sp³-hybridized carbons (Fsp3) is 0.429. The van der Waals surface area contributed by atoms with E-state index in [1.807, 2.05) is 20.9 Å². The van der Waals surface area contributed by atoms with E-state index in [-0.39, 0.29) is 51.6 Å². The third-order valence-electron chi connectivity index (χ3n) is 11.7. The summed E-state index contributed by atoms with van der Waals surface area (Å²) in [5, 5.41) is 10.9. The molecule has 1 aliphatic heterocycles. The summed E-state index contributed by atoms with van der Waals surface area (Å²) in [6, 6.07) is 7.67. The van der Waals surface area contributed by atoms with E-state index in [0.717, 1.165) is 44.6 Å². The molecule has 0 unspecified atom stereocenters. The molecule has 2 aliphatic carbocycles. The lowest BCUT2D eigenvalue weighted by Gasteiger charge is -2.40. The number of carbonyl (C=O) groups excluding carboxylic acids is 1. The standard InChI is InChI=1S/C42H41ClF7N9O3S/c1-40(2,58-14-12-56(3)13-15-58)11-10-25-6-7-26(27-8-9-30(43)34-36(27)57(4)54-39(34)55-63(5,61)62)35(51-25)31(18-22-16-23(44)19-24(45)17-22)52-32(60)21-59-38-33(37(53-59)42(48,49)50)28-20-29(28)41(38,46)47/h6-9,16-17,19,28-29,31H,12-15,18,20-21H2,1-5H3,(H,52,60)(H,54,55)/t28-,29+,31-/m0/s1. The highest BCUT2D eigenvalue weighted by Gasteiger charge is 2.68. The third-order valence-corrected chi connectivity index (χ3v) is 12.6. The van der Waals surface area contributed by atoms with Gasteiger partial charge in [0.1, 0.15) is 29.6 Å². The Hall–Kier alpha value is -5.23. The molecule has 4 heterocycles. The van der Waals surface area contributed by atoms with Crippen LogP contribution >= 0.6 is 11.6 Å². The predicted octanol–water partition coefficient (Wildman–Crippen LogP) is 6.84. The molecular weight excluding hydrogens is 879 g/mol. The van der Waals surface area contributed by atoms with E-state index in [2.05, 4.69) is 41.9 Å². The molecule has 3 atom stereocenters. The molecule has 1 saturated heterocycles. The fourth-order valence-corrected chi connectivity index (χ4v) is 9.43. The van der Waals surface area contributed by atoms with Crippen LogP contribution in [-0.2, 0) is 46.9 Å². The van der Waals surface area contributed by atoms with Crippen LogP contribution in [0, 0.1) is 29.4 Å². The first-order chi connectivity index (χ1) is 29.4. The minimum atomic E-state index is -5.07. The SMILES string of the molecule is CN1CCN(C(C)(C)C#Cc2ccc(-c3ccc(Cl)c4c(NS(C)(=O)=O)nn(C)c34)c([C@H](Cc3cc(F)cc(F)c3)NC(=O)Cn3nc(C(F)(F)F)c4c3C(F)(F)[C@@H]3C[C@H]43)n2)CC1. The summed E-state index contributed by atoms with van der Waals surface area (Å²) in [4.78, 5) is 23.4. The Bertz CT molecular complexity index is 2820. The Morgan fingerprint density at radius 2 is 1.67 bits per heavy atom. The van der Waals surface area contributed by atoms with E-state index in [1.54, 1.807) is 18.2 Å². The smallest absolute Gasteiger partial charge is 0.346 e. The number of pyridine rings is 1. The highest BCUT2D eigenvalue weighted by molar-refractivity contribution is 7.92. The van der Waals surface area contributed by atoms with Gasteiger partial charge in [0.15, 0.2) is 11.5 Å². The molecule has 12 nitrogen and oxygen atoms in total. The molecule has 8 rings (SSSR count). The Kier molecular flexibility index (Phi) is 11.1. The van der Waals surface area contributed by atoms with E-state index in [0.29, 0.717) is 21.8 Å². The van der Waals surface area contributed by atoms with Crippen LogP contribution in [-0.4, -0.2) is 93.7 Å². The molecule has 2 fully saturated rings. The molecule has 5 aromatic rings. The third kappa shape index (κ3) is 8.72. The fourth-order valence-electron chi connectivity index (χ4n) is 8.69. The zero-order valence-corrected chi connectivity index (χ0v) is 36.1. The predicted molar refractivity (Wildman–Crippen MR) is 220 cm³/mol. The number of piperazine rings is 1. The van der Waals surface area contributed by atoms with Crippen LogP contribution in [0.2, 0.25) is 5.02 Å². The number of halogens is 8. The monoisotopic (exact) mass is 919 g/mol. The second kappa shape index (κ2) is 15.8. The second-order valence-corrected chi connectivity index (χ2v) is 19.0. The summed E-state index contributed by atoms with van der Waals surface area (Å²) in [5.41, 5.74) is -2.49. The number of likely N-dealkylation sites (N-methyl/N-ethyl adjacent to an activating group) is 1. The number of fused-ring (bicyclic) bond motifs is 4. The van der Waals surface area contributed by atoms with Gasteiger partial charge in [0.2, 0.25) is 15.9 Å². The van der Waals surface area contributed by atoms with Gasteiger partial charge in [-0.05, 0) is 81.5 Å². The van der Waals surface area contributed by atoms with Crippen molar-refractivity contribution in [2.75, 3.05) is 44.2 Å². The molecule has 63 heavy (non-hydrogen) atoms. The summed E-state index contributed by atoms with van der Waals surface area (Å²) in [6.07, 6.45) is -4.65. The molecule has 1 amide bonds. The Morgan fingerprint density at radius 3 is 2.32 bits per heavy atom. The normalized spacial score (nSPS) is 19.3. The van der Waals surface area contributed by atoms with Crippen LogP contribution < -0.4 is 10.0 Å². The molecule has 1 saturated carbocycles. The van der Waals surface area contributed by atoms with Crippen LogP contribution in [0.15, 0.2) is 42.5 Å². The first-order valence-corrected chi connectivity index (χ1v) is 22.1. The van der Waals surface area contributed by atoms with Gasteiger partial charge in [0.05, 0.1) is 39.5 Å². The maximum Gasteiger partial charge on any atom is 0.435 e. The molecule has 21 heteroatoms. The summed E-state index contributed by atoms with van der Waals surface area (Å²) < 4.78 is 132. The minimum absolute atomic E-state index is 0.0330. The number of carbonyl (C=O) groups is 1. The molecule has 334 valence electrons. The lowest BCUT2D eigenvalue weighted by atomic mass is 9.93. The zero-order chi connectivity index (χ0) is 45.6. The van der Waals surface area contributed by atoms with Crippen molar-refractivity contribution in [3.8, 4) is 23.0 Å². The highest BCUT2D eigenvalue weighted by Crippen LogP contribution is 2.68. The quantitative estimate of drug-likeness (QED) is 0.115. The maximum atomic E-state index is 15.5. The van der Waals surface area contributed by atoms with Crippen LogP contribution in [0.5, 0.6) is 0 Å². The zero-order valence-electron chi connectivity index (χ0n) is 34.5. The van der Waals surface area contributed by atoms with Crippen LogP contribution in [0.4, 0.5) is 36.6 Å². The summed E-state index contributed by atoms with van der Waals surface area (Å²) in [5.74, 6) is -2.70. The van der Waals surface area contributed by atoms with Crippen LogP contribution in [0.1, 0.15) is 66.1 Å². The van der Waals surface area contributed by atoms with Crippen molar-refractivity contribution in [1.82, 2.24) is 39.7 Å². The number of hydrogen-bond donors (Lipinski definition) is 2. The number of anilines is 1. The number of sulfonamides is 1. The maximum absolute atomic E-state index is 15.5. The van der Waals surface area contributed by atoms with Crippen molar-refractivity contribution in [1.29, 1.82) is 0 Å². The number of hydrogen-bond acceptors (Lipinski definition) is 8. The van der Waals surface area contributed by atoms with Gasteiger partial charge < -0.3 is 10.2 Å². The lowest BCUT2D eigenvalue weighted by molar-refractivity contribution is -0.142. The average molecular weight is 920 g/mol. The second-order valence-electron chi connectivity index (χ2n) is 16.8. The number of benzene rings is 2. The van der Waals surface area contributed by atoms with E-state index in [4.69, 9.17) is 16.6 Å². The van der Waals surface area contributed by atoms with Crippen molar-refractivity contribution in [2.45, 2.75) is 62.8 Å². The van der Waals surface area contributed by atoms with Gasteiger partial charge in [-0.15, -0.1) is 0 Å². The van der Waals surface area contributed by atoms with Crippen molar-refractivity contribution in [3.05, 3.63) is 93.0 Å². The molecule has 3 aromatic heterocycles. The number of nitrogens with one attached hydrogen (secondary N) is 2. The van der Waals surface area contributed by atoms with Crippen LogP contribution in [0.25, 0.3) is 22.0 Å². The van der Waals surface area contributed by atoms with Gasteiger partial charge in [-0.2, -0.15) is 32.1 Å². The molecule has 0 spiro atoms. The summed E-state index contributed by atoms with van der Waals surface area (Å²) >= 11 is 6.64. The van der Waals surface area contributed by atoms with Crippen molar-refractivity contribution in [2.24, 2.45) is 13.0 Å². The Balaban J connectivity index is 1.27. The van der Waals surface area contributed by atoms with Gasteiger partial charge in [-0.3, -0.25) is 23.8 Å². The largest absolute Gasteiger partial charge is 0.435 e. The van der Waals surface area contributed by atoms with Crippen molar-refractivity contribution < 1.29 is 43.9 Å². The number of aromatic nitrogens is 5. The van der Waals surface area contributed by atoms with Gasteiger partial charge in [-0.1, -0.05) is 23.6 Å². The first kappa shape index (κ1) is 44.4. The topological polar surface area (TPSA) is 130 Å². The summed E-state index contributed by atoms with van der Waals surface area (Å²) in [6.45, 7) is 6.00. The van der Waals surface area contributed by atoms with Gasteiger partial charge in [-0.25, -0.2) is 22.2 Å². The number of amides is 1.